The van der Waals surface area contributed by atoms with Crippen molar-refractivity contribution >= 4 is 17.5 Å². The van der Waals surface area contributed by atoms with E-state index in [4.69, 9.17) is 11.6 Å². The molecule has 1 aromatic carbocycles. The highest BCUT2D eigenvalue weighted by molar-refractivity contribution is 6.31. The summed E-state index contributed by atoms with van der Waals surface area (Å²) in [6.07, 6.45) is 2.39. The van der Waals surface area contributed by atoms with Crippen molar-refractivity contribution < 1.29 is 4.79 Å². The minimum absolute atomic E-state index is 0.129. The van der Waals surface area contributed by atoms with Crippen LogP contribution in [-0.4, -0.2) is 55.5 Å². The first kappa shape index (κ1) is 17.7. The van der Waals surface area contributed by atoms with Crippen LogP contribution in [0.4, 0.5) is 0 Å². The van der Waals surface area contributed by atoms with Crippen molar-refractivity contribution in [3.05, 3.63) is 34.9 Å². The fourth-order valence-electron chi connectivity index (χ4n) is 3.48. The van der Waals surface area contributed by atoms with E-state index in [9.17, 15) is 4.79 Å². The van der Waals surface area contributed by atoms with Crippen molar-refractivity contribution in [2.45, 2.75) is 25.8 Å². The third-order valence-corrected chi connectivity index (χ3v) is 5.80. The second-order valence-electron chi connectivity index (χ2n) is 7.25. The topological polar surface area (TPSA) is 35.6 Å². The first-order valence-electron chi connectivity index (χ1n) is 9.01. The zero-order chi connectivity index (χ0) is 17.1. The van der Waals surface area contributed by atoms with Crippen LogP contribution in [0.25, 0.3) is 0 Å². The highest BCUT2D eigenvalue weighted by Gasteiger charge is 2.33. The quantitative estimate of drug-likeness (QED) is 0.857. The Morgan fingerprint density at radius 2 is 1.92 bits per heavy atom. The van der Waals surface area contributed by atoms with Gasteiger partial charge in [-0.3, -0.25) is 9.69 Å². The van der Waals surface area contributed by atoms with Crippen molar-refractivity contribution in [1.82, 2.24) is 15.1 Å². The molecule has 0 aromatic heterocycles. The maximum Gasteiger partial charge on any atom is 0.223 e. The van der Waals surface area contributed by atoms with Gasteiger partial charge in [0.15, 0.2) is 0 Å². The maximum absolute atomic E-state index is 12.4. The monoisotopic (exact) mass is 349 g/mol. The van der Waals surface area contributed by atoms with Crippen molar-refractivity contribution in [2.24, 2.45) is 11.8 Å². The SMILES string of the molecule is CC(C(=O)NCC(c1ccccc1Cl)N1CCN(C)CC1)C1CC1. The molecule has 4 nitrogen and oxygen atoms in total. The van der Waals surface area contributed by atoms with Crippen molar-refractivity contribution in [3.63, 3.8) is 0 Å². The molecule has 1 N–H and O–H groups in total. The van der Waals surface area contributed by atoms with Crippen molar-refractivity contribution in [2.75, 3.05) is 39.8 Å². The van der Waals surface area contributed by atoms with E-state index in [-0.39, 0.29) is 17.9 Å². The molecular formula is C19H28ClN3O. The maximum atomic E-state index is 12.4. The minimum atomic E-state index is 0.129. The molecule has 1 amide bonds. The summed E-state index contributed by atoms with van der Waals surface area (Å²) in [6, 6.07) is 8.15. The average molecular weight is 350 g/mol. The Hall–Kier alpha value is -1.10. The summed E-state index contributed by atoms with van der Waals surface area (Å²) in [5.41, 5.74) is 1.11. The lowest BCUT2D eigenvalue weighted by atomic mass is 10.0. The molecule has 3 rings (SSSR count). The van der Waals surface area contributed by atoms with Gasteiger partial charge in [0.1, 0.15) is 0 Å². The van der Waals surface area contributed by atoms with Gasteiger partial charge in [0.25, 0.3) is 0 Å². The van der Waals surface area contributed by atoms with Gasteiger partial charge in [0, 0.05) is 43.7 Å². The summed E-state index contributed by atoms with van der Waals surface area (Å²) in [6.45, 7) is 6.78. The summed E-state index contributed by atoms with van der Waals surface area (Å²) in [7, 11) is 2.15. The molecule has 1 aromatic rings. The van der Waals surface area contributed by atoms with Gasteiger partial charge in [-0.05, 0) is 37.4 Å². The van der Waals surface area contributed by atoms with Gasteiger partial charge in [-0.2, -0.15) is 0 Å². The predicted octanol–water partition coefficient (Wildman–Crippen LogP) is 2.79. The summed E-state index contributed by atoms with van der Waals surface area (Å²) >= 11 is 6.46. The van der Waals surface area contributed by atoms with E-state index in [1.165, 1.54) is 12.8 Å². The van der Waals surface area contributed by atoms with Gasteiger partial charge in [-0.15, -0.1) is 0 Å². The predicted molar refractivity (Wildman–Crippen MR) is 98.2 cm³/mol. The van der Waals surface area contributed by atoms with Gasteiger partial charge < -0.3 is 10.2 Å². The van der Waals surface area contributed by atoms with Crippen LogP contribution in [0.1, 0.15) is 31.4 Å². The molecule has 1 aliphatic heterocycles. The molecule has 1 heterocycles. The van der Waals surface area contributed by atoms with Crippen LogP contribution in [-0.2, 0) is 4.79 Å². The van der Waals surface area contributed by atoms with E-state index < -0.39 is 0 Å². The molecule has 2 unspecified atom stereocenters. The van der Waals surface area contributed by atoms with E-state index in [1.54, 1.807) is 0 Å². The van der Waals surface area contributed by atoms with Gasteiger partial charge in [-0.1, -0.05) is 36.7 Å². The van der Waals surface area contributed by atoms with E-state index in [1.807, 2.05) is 25.1 Å². The number of nitrogens with zero attached hydrogens (tertiary/aromatic N) is 2. The van der Waals surface area contributed by atoms with E-state index >= 15 is 0 Å². The normalized spacial score (nSPS) is 22.1. The zero-order valence-corrected chi connectivity index (χ0v) is 15.4. The fraction of sp³-hybridized carbons (Fsp3) is 0.632. The molecule has 24 heavy (non-hydrogen) atoms. The van der Waals surface area contributed by atoms with Crippen LogP contribution in [0.5, 0.6) is 0 Å². The number of likely N-dealkylation sites (N-methyl/N-ethyl adjacent to an activating group) is 1. The number of carbonyl (C=O) groups is 1. The Morgan fingerprint density at radius 3 is 2.54 bits per heavy atom. The van der Waals surface area contributed by atoms with Crippen LogP contribution in [0, 0.1) is 11.8 Å². The highest BCUT2D eigenvalue weighted by atomic mass is 35.5. The zero-order valence-electron chi connectivity index (χ0n) is 14.7. The lowest BCUT2D eigenvalue weighted by Crippen LogP contribution is -2.49. The number of carbonyl (C=O) groups excluding carboxylic acids is 1. The standard InChI is InChI=1S/C19H28ClN3O/c1-14(15-7-8-15)19(24)21-13-18(16-5-3-4-6-17(16)20)23-11-9-22(2)10-12-23/h3-6,14-15,18H,7-13H2,1-2H3,(H,21,24). The second-order valence-corrected chi connectivity index (χ2v) is 7.66. The molecule has 5 heteroatoms. The van der Waals surface area contributed by atoms with E-state index in [0.29, 0.717) is 12.5 Å². The molecule has 2 aliphatic rings. The van der Waals surface area contributed by atoms with Gasteiger partial charge >= 0.3 is 0 Å². The highest BCUT2D eigenvalue weighted by Crippen LogP contribution is 2.36. The first-order valence-corrected chi connectivity index (χ1v) is 9.39. The Bertz CT molecular complexity index is 567. The third-order valence-electron chi connectivity index (χ3n) is 5.46. The Balaban J connectivity index is 1.69. The van der Waals surface area contributed by atoms with Crippen LogP contribution >= 0.6 is 11.6 Å². The number of piperazine rings is 1. The van der Waals surface area contributed by atoms with Crippen molar-refractivity contribution in [1.29, 1.82) is 0 Å². The molecule has 1 saturated heterocycles. The second kappa shape index (κ2) is 7.85. The molecule has 0 spiro atoms. The average Bonchev–Trinajstić information content (AvgIpc) is 3.42. The fourth-order valence-corrected chi connectivity index (χ4v) is 3.74. The Labute approximate surface area is 150 Å². The minimum Gasteiger partial charge on any atom is -0.354 e. The third kappa shape index (κ3) is 4.29. The van der Waals surface area contributed by atoms with E-state index in [0.717, 1.165) is 36.8 Å². The number of hydrogen-bond acceptors (Lipinski definition) is 3. The van der Waals surface area contributed by atoms with Crippen LogP contribution in [0.2, 0.25) is 5.02 Å². The molecule has 1 saturated carbocycles. The molecule has 0 radical (unpaired) electrons. The van der Waals surface area contributed by atoms with Gasteiger partial charge in [0.2, 0.25) is 5.91 Å². The van der Waals surface area contributed by atoms with Crippen LogP contribution in [0.3, 0.4) is 0 Å². The lowest BCUT2D eigenvalue weighted by molar-refractivity contribution is -0.125. The number of amides is 1. The number of benzene rings is 1. The van der Waals surface area contributed by atoms with Gasteiger partial charge in [-0.25, -0.2) is 0 Å². The molecule has 0 bridgehead atoms. The summed E-state index contributed by atoms with van der Waals surface area (Å²) in [5.74, 6) is 0.903. The molecule has 1 aliphatic carbocycles. The Morgan fingerprint density at radius 1 is 1.25 bits per heavy atom. The number of rotatable bonds is 6. The largest absolute Gasteiger partial charge is 0.354 e. The van der Waals surface area contributed by atoms with Crippen molar-refractivity contribution in [3.8, 4) is 0 Å². The van der Waals surface area contributed by atoms with Gasteiger partial charge in [0.05, 0.1) is 6.04 Å². The Kier molecular flexibility index (Phi) is 5.80. The van der Waals surface area contributed by atoms with E-state index in [2.05, 4.69) is 28.2 Å². The lowest BCUT2D eigenvalue weighted by Gasteiger charge is -2.38. The molecule has 132 valence electrons. The molecule has 2 fully saturated rings. The first-order chi connectivity index (χ1) is 11.6. The number of hydrogen-bond donors (Lipinski definition) is 1. The molecular weight excluding hydrogens is 322 g/mol. The smallest absolute Gasteiger partial charge is 0.223 e. The number of halogens is 1. The summed E-state index contributed by atoms with van der Waals surface area (Å²) in [5, 5.41) is 3.97. The molecule has 2 atom stereocenters. The van der Waals surface area contributed by atoms with Crippen LogP contribution < -0.4 is 5.32 Å². The summed E-state index contributed by atoms with van der Waals surface area (Å²) in [4.78, 5) is 17.2. The summed E-state index contributed by atoms with van der Waals surface area (Å²) < 4.78 is 0. The number of nitrogens with one attached hydrogen (secondary N) is 1. The van der Waals surface area contributed by atoms with Crippen LogP contribution in [0.15, 0.2) is 24.3 Å².